The number of pyridine rings is 2. The maximum absolute atomic E-state index is 14.2. The number of hydrogen-bond donors (Lipinski definition) is 0. The molecule has 3 aromatic rings. The quantitative estimate of drug-likeness (QED) is 0.354. The van der Waals surface area contributed by atoms with Crippen molar-refractivity contribution in [3.8, 4) is 11.5 Å². The Balaban J connectivity index is 1.54. The number of allylic oxidation sites excluding steroid dienone is 1. The van der Waals surface area contributed by atoms with Crippen molar-refractivity contribution in [1.82, 2.24) is 9.97 Å². The summed E-state index contributed by atoms with van der Waals surface area (Å²) in [5.41, 5.74) is 3.49. The minimum atomic E-state index is -0.816. The molecule has 1 aliphatic heterocycles. The third-order valence-electron chi connectivity index (χ3n) is 5.18. The van der Waals surface area contributed by atoms with E-state index in [2.05, 4.69) is 9.97 Å². The summed E-state index contributed by atoms with van der Waals surface area (Å²) in [6.07, 6.45) is 5.65. The highest BCUT2D eigenvalue weighted by atomic mass is 19.1. The zero-order valence-corrected chi connectivity index (χ0v) is 18.2. The molecule has 0 atom stereocenters. The van der Waals surface area contributed by atoms with Crippen LogP contribution in [0.3, 0.4) is 0 Å². The van der Waals surface area contributed by atoms with Crippen molar-refractivity contribution in [1.29, 1.82) is 0 Å². The summed E-state index contributed by atoms with van der Waals surface area (Å²) < 4.78 is 31.1. The van der Waals surface area contributed by atoms with E-state index < -0.39 is 10.7 Å². The number of nitro benzene ring substituents is 1. The number of nitrogens with zero attached hydrogens (tertiary/aromatic N) is 3. The monoisotopic (exact) mass is 451 g/mol. The third-order valence-corrected chi connectivity index (χ3v) is 5.18. The van der Waals surface area contributed by atoms with Gasteiger partial charge in [0.25, 0.3) is 5.69 Å². The van der Waals surface area contributed by atoms with Gasteiger partial charge in [0.05, 0.1) is 35.6 Å². The summed E-state index contributed by atoms with van der Waals surface area (Å²) in [7, 11) is 0. The minimum absolute atomic E-state index is 0.106. The van der Waals surface area contributed by atoms with Gasteiger partial charge in [0, 0.05) is 29.6 Å². The molecule has 33 heavy (non-hydrogen) atoms. The van der Waals surface area contributed by atoms with E-state index in [-0.39, 0.29) is 17.7 Å². The first-order valence-corrected chi connectivity index (χ1v) is 10.4. The van der Waals surface area contributed by atoms with Crippen LogP contribution in [-0.4, -0.2) is 28.1 Å². The van der Waals surface area contributed by atoms with Crippen LogP contribution in [0.1, 0.15) is 42.1 Å². The highest BCUT2D eigenvalue weighted by Gasteiger charge is 2.17. The number of hydrogen-bond acceptors (Lipinski definition) is 7. The molecule has 1 aliphatic rings. The van der Waals surface area contributed by atoms with Crippen LogP contribution in [0.4, 0.5) is 10.1 Å². The molecule has 0 radical (unpaired) electrons. The SMILES string of the molecule is C/C(=C\c1nccc(Oc2ccc([N+](=O)[O-])cc2F)c1C)c1ccc(C2OCCCO2)cn1. The van der Waals surface area contributed by atoms with Gasteiger partial charge in [-0.1, -0.05) is 6.07 Å². The van der Waals surface area contributed by atoms with E-state index in [1.54, 1.807) is 25.4 Å². The van der Waals surface area contributed by atoms with Gasteiger partial charge in [-0.05, 0) is 50.1 Å². The molecular weight excluding hydrogens is 429 g/mol. The summed E-state index contributed by atoms with van der Waals surface area (Å²) in [6.45, 7) is 5.05. The average Bonchev–Trinajstić information content (AvgIpc) is 2.83. The standard InChI is InChI=1S/C24H22FN3O5/c1-15(20-6-4-17(14-27-20)24-31-10-3-11-32-24)12-21-16(2)22(8-9-26-21)33-23-7-5-18(28(29)30)13-19(23)25/h4-9,12-14,24H,3,10-11H2,1-2H3/b15-12+. The largest absolute Gasteiger partial charge is 0.454 e. The fraction of sp³-hybridized carbons (Fsp3) is 0.250. The zero-order chi connectivity index (χ0) is 23.4. The van der Waals surface area contributed by atoms with Crippen LogP contribution in [0.15, 0.2) is 48.8 Å². The van der Waals surface area contributed by atoms with Gasteiger partial charge < -0.3 is 14.2 Å². The Morgan fingerprint density at radius 3 is 2.64 bits per heavy atom. The third kappa shape index (κ3) is 5.21. The van der Waals surface area contributed by atoms with Crippen LogP contribution < -0.4 is 4.74 Å². The second-order valence-corrected chi connectivity index (χ2v) is 7.52. The van der Waals surface area contributed by atoms with E-state index >= 15 is 0 Å². The van der Waals surface area contributed by atoms with E-state index in [0.717, 1.165) is 29.3 Å². The molecule has 1 aromatic carbocycles. The van der Waals surface area contributed by atoms with Crippen molar-refractivity contribution in [2.45, 2.75) is 26.6 Å². The Bertz CT molecular complexity index is 1190. The van der Waals surface area contributed by atoms with Crippen LogP contribution in [0.2, 0.25) is 0 Å². The lowest BCUT2D eigenvalue weighted by Crippen LogP contribution is -2.17. The Kier molecular flexibility index (Phi) is 6.71. The Morgan fingerprint density at radius 2 is 1.97 bits per heavy atom. The van der Waals surface area contributed by atoms with E-state index in [1.165, 1.54) is 12.1 Å². The molecule has 2 aromatic heterocycles. The van der Waals surface area contributed by atoms with Gasteiger partial charge in [-0.3, -0.25) is 20.1 Å². The number of ether oxygens (including phenoxy) is 3. The van der Waals surface area contributed by atoms with Crippen LogP contribution in [0.5, 0.6) is 11.5 Å². The molecule has 1 saturated heterocycles. The predicted molar refractivity (Wildman–Crippen MR) is 119 cm³/mol. The van der Waals surface area contributed by atoms with Crippen LogP contribution >= 0.6 is 0 Å². The van der Waals surface area contributed by atoms with Gasteiger partial charge in [0.15, 0.2) is 17.9 Å². The van der Waals surface area contributed by atoms with Gasteiger partial charge in [-0.2, -0.15) is 0 Å². The predicted octanol–water partition coefficient (Wildman–Crippen LogP) is 5.62. The summed E-state index contributed by atoms with van der Waals surface area (Å²) in [4.78, 5) is 19.0. The van der Waals surface area contributed by atoms with E-state index in [4.69, 9.17) is 14.2 Å². The van der Waals surface area contributed by atoms with Gasteiger partial charge in [-0.25, -0.2) is 4.39 Å². The van der Waals surface area contributed by atoms with Crippen molar-refractivity contribution >= 4 is 17.3 Å². The maximum Gasteiger partial charge on any atom is 0.272 e. The fourth-order valence-corrected chi connectivity index (χ4v) is 3.33. The summed E-state index contributed by atoms with van der Waals surface area (Å²) in [6, 6.07) is 8.69. The molecule has 0 bridgehead atoms. The van der Waals surface area contributed by atoms with Crippen LogP contribution in [0.25, 0.3) is 11.6 Å². The van der Waals surface area contributed by atoms with Gasteiger partial charge in [-0.15, -0.1) is 0 Å². The second-order valence-electron chi connectivity index (χ2n) is 7.52. The lowest BCUT2D eigenvalue weighted by atomic mass is 10.1. The molecule has 8 nitrogen and oxygen atoms in total. The van der Waals surface area contributed by atoms with Crippen molar-refractivity contribution in [3.05, 3.63) is 87.2 Å². The number of aromatic nitrogens is 2. The highest BCUT2D eigenvalue weighted by Crippen LogP contribution is 2.31. The Labute approximate surface area is 189 Å². The molecule has 1 fully saturated rings. The fourth-order valence-electron chi connectivity index (χ4n) is 3.33. The zero-order valence-electron chi connectivity index (χ0n) is 18.2. The van der Waals surface area contributed by atoms with Crippen molar-refractivity contribution < 1.29 is 23.5 Å². The van der Waals surface area contributed by atoms with Gasteiger partial charge in [0.1, 0.15) is 5.75 Å². The van der Waals surface area contributed by atoms with E-state index in [1.807, 2.05) is 25.1 Å². The summed E-state index contributed by atoms with van der Waals surface area (Å²) in [5.74, 6) is -0.526. The topological polar surface area (TPSA) is 96.6 Å². The van der Waals surface area contributed by atoms with Crippen molar-refractivity contribution in [2.24, 2.45) is 0 Å². The maximum atomic E-state index is 14.2. The second kappa shape index (κ2) is 9.85. The van der Waals surface area contributed by atoms with Crippen LogP contribution in [-0.2, 0) is 9.47 Å². The molecule has 9 heteroatoms. The molecule has 170 valence electrons. The van der Waals surface area contributed by atoms with E-state index in [9.17, 15) is 14.5 Å². The Morgan fingerprint density at radius 1 is 1.18 bits per heavy atom. The normalized spacial score (nSPS) is 14.8. The van der Waals surface area contributed by atoms with Gasteiger partial charge >= 0.3 is 0 Å². The molecule has 0 N–H and O–H groups in total. The summed E-state index contributed by atoms with van der Waals surface area (Å²) in [5, 5.41) is 10.8. The smallest absolute Gasteiger partial charge is 0.272 e. The molecule has 3 heterocycles. The van der Waals surface area contributed by atoms with Crippen molar-refractivity contribution in [3.63, 3.8) is 0 Å². The first kappa shape index (κ1) is 22.5. The minimum Gasteiger partial charge on any atom is -0.454 e. The molecular formula is C24H22FN3O5. The molecule has 4 rings (SSSR count). The van der Waals surface area contributed by atoms with Crippen LogP contribution in [0, 0.1) is 22.9 Å². The number of non-ortho nitro benzene ring substituents is 1. The molecule has 0 aliphatic carbocycles. The molecule has 0 unspecified atom stereocenters. The number of nitro groups is 1. The Hall–Kier alpha value is -3.69. The first-order valence-electron chi connectivity index (χ1n) is 10.4. The summed E-state index contributed by atoms with van der Waals surface area (Å²) >= 11 is 0. The lowest BCUT2D eigenvalue weighted by Gasteiger charge is -2.23. The van der Waals surface area contributed by atoms with Gasteiger partial charge in [0.2, 0.25) is 0 Å². The number of rotatable bonds is 6. The number of halogens is 1. The van der Waals surface area contributed by atoms with Crippen molar-refractivity contribution in [2.75, 3.05) is 13.2 Å². The first-order chi connectivity index (χ1) is 15.9. The number of benzene rings is 1. The average molecular weight is 451 g/mol. The highest BCUT2D eigenvalue weighted by molar-refractivity contribution is 5.78. The van der Waals surface area contributed by atoms with E-state index in [0.29, 0.717) is 30.2 Å². The molecule has 0 spiro atoms. The lowest BCUT2D eigenvalue weighted by molar-refractivity contribution is -0.385. The molecule has 0 amide bonds. The molecule has 0 saturated carbocycles.